The fourth-order valence-electron chi connectivity index (χ4n) is 2.76. The van der Waals surface area contributed by atoms with Gasteiger partial charge in [0.1, 0.15) is 5.69 Å². The number of benzene rings is 1. The third-order valence-electron chi connectivity index (χ3n) is 3.98. The number of carbonyl (C=O) groups is 1. The predicted molar refractivity (Wildman–Crippen MR) is 110 cm³/mol. The Kier molecular flexibility index (Phi) is 9.11. The molecule has 1 saturated heterocycles. The number of hydrogen-bond acceptors (Lipinski definition) is 7. The van der Waals surface area contributed by atoms with Crippen molar-refractivity contribution in [3.63, 3.8) is 0 Å². The van der Waals surface area contributed by atoms with Crippen LogP contribution in [0.1, 0.15) is 23.2 Å². The summed E-state index contributed by atoms with van der Waals surface area (Å²) >= 11 is 0. The molecule has 0 atom stereocenters. The molecule has 1 amide bonds. The standard InChI is InChI=1S/C14H20N6O5S.2ClH/c1-26(24,25)11-7-8(13(21)18-14(16)17)6-10(20(22)23)12(11)19-4-2-9(15)3-5-19;;/h6-7,9H,2-5,15H2,1H3,(H4,16,17,18,21);2*1H. The second-order valence-electron chi connectivity index (χ2n) is 6.04. The van der Waals surface area contributed by atoms with Gasteiger partial charge in [0.05, 0.1) is 15.4 Å². The van der Waals surface area contributed by atoms with Crippen molar-refractivity contribution in [3.8, 4) is 0 Å². The van der Waals surface area contributed by atoms with Crippen molar-refractivity contribution in [3.05, 3.63) is 27.8 Å². The minimum Gasteiger partial charge on any atom is -0.370 e. The van der Waals surface area contributed by atoms with Crippen LogP contribution in [0.2, 0.25) is 0 Å². The third kappa shape index (κ3) is 5.92. The van der Waals surface area contributed by atoms with Crippen molar-refractivity contribution >= 4 is 57.9 Å². The Morgan fingerprint density at radius 1 is 1.25 bits per heavy atom. The van der Waals surface area contributed by atoms with Gasteiger partial charge in [0.15, 0.2) is 15.8 Å². The molecule has 11 nitrogen and oxygen atoms in total. The highest BCUT2D eigenvalue weighted by Gasteiger charge is 2.32. The maximum Gasteiger partial charge on any atom is 0.294 e. The van der Waals surface area contributed by atoms with Crippen molar-refractivity contribution in [2.24, 2.45) is 22.2 Å². The highest BCUT2D eigenvalue weighted by Crippen LogP contribution is 2.38. The Labute approximate surface area is 174 Å². The number of hydrogen-bond donors (Lipinski definition) is 3. The van der Waals surface area contributed by atoms with E-state index in [9.17, 15) is 23.3 Å². The molecular formula is C14H22Cl2N6O5S. The van der Waals surface area contributed by atoms with Crippen LogP contribution in [0.15, 0.2) is 22.0 Å². The average Bonchev–Trinajstić information content (AvgIpc) is 2.52. The fraction of sp³-hybridized carbons (Fsp3) is 0.429. The van der Waals surface area contributed by atoms with Crippen molar-refractivity contribution in [1.29, 1.82) is 0 Å². The zero-order valence-electron chi connectivity index (χ0n) is 14.9. The van der Waals surface area contributed by atoms with Crippen LogP contribution in [0.4, 0.5) is 11.4 Å². The first-order valence-electron chi connectivity index (χ1n) is 7.67. The minimum absolute atomic E-state index is 0. The smallest absolute Gasteiger partial charge is 0.294 e. The van der Waals surface area contributed by atoms with Crippen molar-refractivity contribution in [2.45, 2.75) is 23.8 Å². The summed E-state index contributed by atoms with van der Waals surface area (Å²) in [7, 11) is -3.88. The van der Waals surface area contributed by atoms with Gasteiger partial charge in [-0.15, -0.1) is 24.8 Å². The number of piperidine rings is 1. The van der Waals surface area contributed by atoms with Crippen LogP contribution in [0.25, 0.3) is 0 Å². The largest absolute Gasteiger partial charge is 0.370 e. The van der Waals surface area contributed by atoms with E-state index in [1.165, 1.54) is 0 Å². The molecule has 0 spiro atoms. The molecule has 0 bridgehead atoms. The molecule has 0 radical (unpaired) electrons. The van der Waals surface area contributed by atoms with Gasteiger partial charge < -0.3 is 22.1 Å². The summed E-state index contributed by atoms with van der Waals surface area (Å²) < 4.78 is 24.5. The quantitative estimate of drug-likeness (QED) is 0.245. The van der Waals surface area contributed by atoms with E-state index in [2.05, 4.69) is 4.99 Å². The molecular weight excluding hydrogens is 435 g/mol. The van der Waals surface area contributed by atoms with Crippen LogP contribution < -0.4 is 22.1 Å². The molecule has 158 valence electrons. The third-order valence-corrected chi connectivity index (χ3v) is 5.09. The minimum atomic E-state index is -3.88. The number of aliphatic imine (C=N–C) groups is 1. The molecule has 1 aliphatic rings. The number of anilines is 1. The number of nitrogens with two attached hydrogens (primary N) is 3. The van der Waals surface area contributed by atoms with E-state index in [-0.39, 0.29) is 47.0 Å². The lowest BCUT2D eigenvalue weighted by atomic mass is 10.0. The molecule has 1 aliphatic heterocycles. The van der Waals surface area contributed by atoms with Crippen molar-refractivity contribution in [2.75, 3.05) is 24.2 Å². The van der Waals surface area contributed by atoms with Gasteiger partial charge in [-0.3, -0.25) is 14.9 Å². The summed E-state index contributed by atoms with van der Waals surface area (Å²) in [6, 6.07) is 1.99. The Balaban J connectivity index is 0.00000364. The van der Waals surface area contributed by atoms with E-state index in [4.69, 9.17) is 17.2 Å². The van der Waals surface area contributed by atoms with E-state index in [0.29, 0.717) is 25.9 Å². The number of nitro benzene ring substituents is 1. The van der Waals surface area contributed by atoms with Crippen LogP contribution in [0, 0.1) is 10.1 Å². The molecule has 0 unspecified atom stereocenters. The normalized spacial score (nSPS) is 14.4. The van der Waals surface area contributed by atoms with Gasteiger partial charge in [-0.2, -0.15) is 4.99 Å². The molecule has 14 heteroatoms. The summed E-state index contributed by atoms with van der Waals surface area (Å²) in [5.41, 5.74) is 15.3. The molecule has 1 aromatic carbocycles. The van der Waals surface area contributed by atoms with Gasteiger partial charge in [0.2, 0.25) is 0 Å². The first kappa shape index (κ1) is 25.9. The number of halogens is 2. The van der Waals surface area contributed by atoms with Gasteiger partial charge >= 0.3 is 0 Å². The van der Waals surface area contributed by atoms with Crippen LogP contribution in [-0.2, 0) is 9.84 Å². The Hall–Kier alpha value is -2.15. The Morgan fingerprint density at radius 2 is 1.79 bits per heavy atom. The second kappa shape index (κ2) is 9.87. The van der Waals surface area contributed by atoms with E-state index in [1.54, 1.807) is 4.90 Å². The number of nitro groups is 1. The fourth-order valence-corrected chi connectivity index (χ4v) is 3.69. The number of carbonyl (C=O) groups excluding carboxylic acids is 1. The lowest BCUT2D eigenvalue weighted by Crippen LogP contribution is -2.40. The van der Waals surface area contributed by atoms with Crippen molar-refractivity contribution in [1.82, 2.24) is 0 Å². The lowest BCUT2D eigenvalue weighted by molar-refractivity contribution is -0.384. The van der Waals surface area contributed by atoms with Crippen LogP contribution in [0.3, 0.4) is 0 Å². The van der Waals surface area contributed by atoms with E-state index in [1.807, 2.05) is 0 Å². The molecule has 1 fully saturated rings. The van der Waals surface area contributed by atoms with Gasteiger partial charge in [0.25, 0.3) is 11.6 Å². The lowest BCUT2D eigenvalue weighted by Gasteiger charge is -2.32. The second-order valence-corrected chi connectivity index (χ2v) is 8.02. The first-order chi connectivity index (χ1) is 12.0. The van der Waals surface area contributed by atoms with Gasteiger partial charge in [-0.05, 0) is 18.9 Å². The van der Waals surface area contributed by atoms with E-state index in [0.717, 1.165) is 18.4 Å². The summed E-state index contributed by atoms with van der Waals surface area (Å²) in [4.78, 5) is 27.5. The van der Waals surface area contributed by atoms with E-state index >= 15 is 0 Å². The summed E-state index contributed by atoms with van der Waals surface area (Å²) in [5.74, 6) is -1.50. The molecule has 0 aliphatic carbocycles. The summed E-state index contributed by atoms with van der Waals surface area (Å²) in [6.45, 7) is 0.734. The van der Waals surface area contributed by atoms with Crippen molar-refractivity contribution < 1.29 is 18.1 Å². The molecule has 2 rings (SSSR count). The maximum atomic E-state index is 12.3. The number of sulfone groups is 1. The topological polar surface area (TPSA) is 188 Å². The maximum absolute atomic E-state index is 12.3. The van der Waals surface area contributed by atoms with Crippen LogP contribution in [0.5, 0.6) is 0 Å². The first-order valence-corrected chi connectivity index (χ1v) is 9.57. The highest BCUT2D eigenvalue weighted by atomic mass is 35.5. The zero-order chi connectivity index (χ0) is 19.6. The summed E-state index contributed by atoms with van der Waals surface area (Å²) in [5, 5.41) is 11.6. The number of rotatable bonds is 4. The van der Waals surface area contributed by atoms with Gasteiger partial charge in [-0.25, -0.2) is 8.42 Å². The highest BCUT2D eigenvalue weighted by molar-refractivity contribution is 7.90. The Morgan fingerprint density at radius 3 is 2.21 bits per heavy atom. The number of amides is 1. The molecule has 1 aromatic rings. The van der Waals surface area contributed by atoms with E-state index < -0.39 is 32.3 Å². The predicted octanol–water partition coefficient (Wildman–Crippen LogP) is 0.183. The molecule has 1 heterocycles. The molecule has 28 heavy (non-hydrogen) atoms. The average molecular weight is 457 g/mol. The molecule has 0 saturated carbocycles. The van der Waals surface area contributed by atoms with Gasteiger partial charge in [0, 0.05) is 31.5 Å². The molecule has 6 N–H and O–H groups in total. The SMILES string of the molecule is CS(=O)(=O)c1cc(C(=O)N=C(N)N)cc([N+](=O)[O-])c1N1CCC(N)CC1.Cl.Cl. The van der Waals surface area contributed by atoms with Gasteiger partial charge in [-0.1, -0.05) is 0 Å². The zero-order valence-corrected chi connectivity index (χ0v) is 17.3. The monoisotopic (exact) mass is 456 g/mol. The number of guanidine groups is 1. The number of nitrogens with zero attached hydrogens (tertiary/aromatic N) is 3. The van der Waals surface area contributed by atoms with Crippen LogP contribution >= 0.6 is 24.8 Å². The molecule has 0 aromatic heterocycles. The van der Waals surface area contributed by atoms with Crippen LogP contribution in [-0.4, -0.2) is 50.6 Å². The Bertz CT molecular complexity index is 880. The summed E-state index contributed by atoms with van der Waals surface area (Å²) in [6.07, 6.45) is 2.05.